The first-order chi connectivity index (χ1) is 6.49. The first kappa shape index (κ1) is 11.2. The maximum Gasteiger partial charge on any atom is 0.264 e. The second-order valence-corrected chi connectivity index (χ2v) is 4.34. The molecule has 1 heterocycles. The second kappa shape index (κ2) is 4.10. The maximum atomic E-state index is 11.4. The molecule has 6 heteroatoms. The molecule has 1 aromatic heterocycles. The summed E-state index contributed by atoms with van der Waals surface area (Å²) in [6.07, 6.45) is 0. The van der Waals surface area contributed by atoms with Crippen LogP contribution in [0.3, 0.4) is 0 Å². The molecule has 0 bridgehead atoms. The van der Waals surface area contributed by atoms with Crippen molar-refractivity contribution in [1.29, 1.82) is 0 Å². The fourth-order valence-corrected chi connectivity index (χ4v) is 2.04. The fourth-order valence-electron chi connectivity index (χ4n) is 1.40. The second-order valence-electron chi connectivity index (χ2n) is 3.02. The Morgan fingerprint density at radius 3 is 2.43 bits per heavy atom. The Balaban J connectivity index is 3.12. The van der Waals surface area contributed by atoms with Crippen LogP contribution in [-0.4, -0.2) is 28.1 Å². The van der Waals surface area contributed by atoms with E-state index in [1.165, 1.54) is 7.11 Å². The minimum absolute atomic E-state index is 0.845. The smallest absolute Gasteiger partial charge is 0.264 e. The summed E-state index contributed by atoms with van der Waals surface area (Å²) < 4.78 is 19.5. The zero-order valence-corrected chi connectivity index (χ0v) is 9.88. The summed E-state index contributed by atoms with van der Waals surface area (Å²) in [5.41, 5.74) is 2.67. The third-order valence-corrected chi connectivity index (χ3v) is 3.07. The van der Waals surface area contributed by atoms with E-state index in [0.717, 1.165) is 17.1 Å². The highest BCUT2D eigenvalue weighted by Crippen LogP contribution is 2.23. The third-order valence-electron chi connectivity index (χ3n) is 2.15. The van der Waals surface area contributed by atoms with Gasteiger partial charge in [-0.25, -0.2) is 4.21 Å². The van der Waals surface area contributed by atoms with Crippen molar-refractivity contribution in [2.45, 2.75) is 13.8 Å². The summed E-state index contributed by atoms with van der Waals surface area (Å²) in [5, 5.41) is 4.23. The molecule has 5 nitrogen and oxygen atoms in total. The number of nitrogens with zero attached hydrogens (tertiary/aromatic N) is 3. The number of anilines is 1. The van der Waals surface area contributed by atoms with E-state index in [1.807, 2.05) is 20.9 Å². The number of aromatic nitrogens is 2. The summed E-state index contributed by atoms with van der Waals surface area (Å²) in [6.45, 7) is 3.81. The lowest BCUT2D eigenvalue weighted by molar-refractivity contribution is 0.444. The zero-order valence-electron chi connectivity index (χ0n) is 9.07. The van der Waals surface area contributed by atoms with Crippen molar-refractivity contribution in [3.63, 3.8) is 0 Å². The Kier molecular flexibility index (Phi) is 3.28. The van der Waals surface area contributed by atoms with Gasteiger partial charge in [0.15, 0.2) is 0 Å². The average molecular weight is 217 g/mol. The van der Waals surface area contributed by atoms with Crippen LogP contribution in [0.5, 0.6) is 0 Å². The summed E-state index contributed by atoms with van der Waals surface area (Å²) in [7, 11) is 4.99. The predicted octanol–water partition coefficient (Wildman–Crippen LogP) is 0.698. The van der Waals surface area contributed by atoms with Gasteiger partial charge in [-0.2, -0.15) is 5.10 Å². The molecule has 0 fully saturated rings. The number of rotatable bonds is 3. The van der Waals surface area contributed by atoms with Crippen molar-refractivity contribution in [2.75, 3.05) is 18.5 Å². The van der Waals surface area contributed by atoms with Gasteiger partial charge in [0.1, 0.15) is 0 Å². The highest BCUT2D eigenvalue weighted by atomic mass is 32.2. The zero-order chi connectivity index (χ0) is 10.9. The number of aryl methyl sites for hydroxylation is 2. The van der Waals surface area contributed by atoms with E-state index >= 15 is 0 Å². The molecular weight excluding hydrogens is 202 g/mol. The summed E-state index contributed by atoms with van der Waals surface area (Å²) in [6, 6.07) is 0. The number of hydrogen-bond acceptors (Lipinski definition) is 3. The SMILES string of the molecule is COS(=O)N(C)c1c(C)nn(C)c1C. The topological polar surface area (TPSA) is 47.4 Å². The predicted molar refractivity (Wildman–Crippen MR) is 56.2 cm³/mol. The molecule has 0 amide bonds. The quantitative estimate of drug-likeness (QED) is 0.748. The minimum atomic E-state index is -1.45. The molecule has 0 aliphatic heterocycles. The molecule has 1 atom stereocenters. The van der Waals surface area contributed by atoms with Gasteiger partial charge in [0.2, 0.25) is 0 Å². The Morgan fingerprint density at radius 1 is 1.50 bits per heavy atom. The van der Waals surface area contributed by atoms with Crippen LogP contribution >= 0.6 is 0 Å². The van der Waals surface area contributed by atoms with E-state index in [1.54, 1.807) is 16.0 Å². The average Bonchev–Trinajstić information content (AvgIpc) is 2.39. The normalized spacial score (nSPS) is 12.9. The molecule has 80 valence electrons. The van der Waals surface area contributed by atoms with E-state index in [2.05, 4.69) is 5.10 Å². The van der Waals surface area contributed by atoms with Crippen LogP contribution in [0.2, 0.25) is 0 Å². The Hall–Kier alpha value is -0.880. The highest BCUT2D eigenvalue weighted by molar-refractivity contribution is 7.81. The van der Waals surface area contributed by atoms with E-state index in [9.17, 15) is 4.21 Å². The Labute approximate surface area is 86.5 Å². The van der Waals surface area contributed by atoms with E-state index in [0.29, 0.717) is 0 Å². The van der Waals surface area contributed by atoms with Crippen molar-refractivity contribution in [3.8, 4) is 0 Å². The monoisotopic (exact) mass is 217 g/mol. The molecule has 0 spiro atoms. The van der Waals surface area contributed by atoms with Crippen molar-refractivity contribution in [3.05, 3.63) is 11.4 Å². The van der Waals surface area contributed by atoms with Crippen molar-refractivity contribution < 1.29 is 8.39 Å². The molecule has 1 unspecified atom stereocenters. The van der Waals surface area contributed by atoms with Gasteiger partial charge in [-0.3, -0.25) is 13.2 Å². The van der Waals surface area contributed by atoms with Gasteiger partial charge in [0, 0.05) is 14.1 Å². The lowest BCUT2D eigenvalue weighted by Crippen LogP contribution is -2.22. The molecular formula is C8H15N3O2S. The molecule has 0 aliphatic carbocycles. The minimum Gasteiger partial charge on any atom is -0.277 e. The lowest BCUT2D eigenvalue weighted by atomic mass is 10.3. The first-order valence-electron chi connectivity index (χ1n) is 4.19. The summed E-state index contributed by atoms with van der Waals surface area (Å²) in [4.78, 5) is 0. The fraction of sp³-hybridized carbons (Fsp3) is 0.625. The third kappa shape index (κ3) is 1.80. The molecule has 0 radical (unpaired) electrons. The van der Waals surface area contributed by atoms with Crippen molar-refractivity contribution >= 4 is 17.0 Å². The number of hydrogen-bond donors (Lipinski definition) is 0. The largest absolute Gasteiger partial charge is 0.277 e. The summed E-state index contributed by atoms with van der Waals surface area (Å²) in [5.74, 6) is 0. The van der Waals surface area contributed by atoms with Crippen LogP contribution in [0, 0.1) is 13.8 Å². The van der Waals surface area contributed by atoms with Crippen LogP contribution in [0.15, 0.2) is 0 Å². The van der Waals surface area contributed by atoms with Crippen LogP contribution in [0.4, 0.5) is 5.69 Å². The van der Waals surface area contributed by atoms with E-state index in [4.69, 9.17) is 4.18 Å². The van der Waals surface area contributed by atoms with Crippen LogP contribution < -0.4 is 4.31 Å². The maximum absolute atomic E-state index is 11.4. The molecule has 0 aliphatic rings. The highest BCUT2D eigenvalue weighted by Gasteiger charge is 2.17. The van der Waals surface area contributed by atoms with Crippen molar-refractivity contribution in [2.24, 2.45) is 7.05 Å². The Bertz CT molecular complexity index is 362. The van der Waals surface area contributed by atoms with Gasteiger partial charge in [-0.05, 0) is 13.8 Å². The molecule has 1 rings (SSSR count). The van der Waals surface area contributed by atoms with Crippen LogP contribution in [-0.2, 0) is 22.5 Å². The molecule has 0 aromatic carbocycles. The molecule has 0 N–H and O–H groups in total. The van der Waals surface area contributed by atoms with Gasteiger partial charge in [-0.1, -0.05) is 0 Å². The van der Waals surface area contributed by atoms with Crippen molar-refractivity contribution in [1.82, 2.24) is 9.78 Å². The van der Waals surface area contributed by atoms with E-state index in [-0.39, 0.29) is 0 Å². The van der Waals surface area contributed by atoms with Gasteiger partial charge >= 0.3 is 0 Å². The Morgan fingerprint density at radius 2 is 2.07 bits per heavy atom. The lowest BCUT2D eigenvalue weighted by Gasteiger charge is -2.15. The van der Waals surface area contributed by atoms with Gasteiger partial charge < -0.3 is 0 Å². The van der Waals surface area contributed by atoms with Crippen LogP contribution in [0.25, 0.3) is 0 Å². The molecule has 0 saturated carbocycles. The van der Waals surface area contributed by atoms with Crippen LogP contribution in [0.1, 0.15) is 11.4 Å². The molecule has 0 saturated heterocycles. The standard InChI is InChI=1S/C8H15N3O2S/c1-6-8(7(2)10(3)9-6)11(4)14(12)13-5/h1-5H3. The summed E-state index contributed by atoms with van der Waals surface area (Å²) >= 11 is -1.45. The molecule has 1 aromatic rings. The molecule has 14 heavy (non-hydrogen) atoms. The van der Waals surface area contributed by atoms with Gasteiger partial charge in [-0.15, -0.1) is 0 Å². The van der Waals surface area contributed by atoms with Gasteiger partial charge in [0.05, 0.1) is 24.2 Å². The first-order valence-corrected chi connectivity index (χ1v) is 5.22. The van der Waals surface area contributed by atoms with E-state index < -0.39 is 11.3 Å². The van der Waals surface area contributed by atoms with Gasteiger partial charge in [0.25, 0.3) is 11.3 Å².